The summed E-state index contributed by atoms with van der Waals surface area (Å²) in [6, 6.07) is 22.5. The van der Waals surface area contributed by atoms with Gasteiger partial charge in [0.15, 0.2) is 0 Å². The van der Waals surface area contributed by atoms with E-state index in [9.17, 15) is 9.18 Å². The summed E-state index contributed by atoms with van der Waals surface area (Å²) < 4.78 is 15.5. The number of anilines is 1. The van der Waals surface area contributed by atoms with E-state index < -0.39 is 0 Å². The molecule has 1 amide bonds. The van der Waals surface area contributed by atoms with Crippen molar-refractivity contribution in [3.05, 3.63) is 95.6 Å². The molecule has 4 aromatic rings. The van der Waals surface area contributed by atoms with Gasteiger partial charge in [0, 0.05) is 31.1 Å². The zero-order valence-electron chi connectivity index (χ0n) is 16.8. The lowest BCUT2D eigenvalue weighted by Crippen LogP contribution is -2.25. The SMILES string of the molecule is Cc1ccccc1N1CC(c2nc3ccccc3n2Cc2ccc(F)cc2)CC1=O. The van der Waals surface area contributed by atoms with Crippen LogP contribution in [0.5, 0.6) is 0 Å². The number of carbonyl (C=O) groups excluding carboxylic acids is 1. The van der Waals surface area contributed by atoms with E-state index in [4.69, 9.17) is 4.98 Å². The topological polar surface area (TPSA) is 38.1 Å². The molecule has 4 nitrogen and oxygen atoms in total. The summed E-state index contributed by atoms with van der Waals surface area (Å²) in [5, 5.41) is 0. The molecular formula is C25H22FN3O. The number of aryl methyl sites for hydroxylation is 1. The van der Waals surface area contributed by atoms with Gasteiger partial charge in [0.05, 0.1) is 11.0 Å². The highest BCUT2D eigenvalue weighted by Gasteiger charge is 2.35. The fraction of sp³-hybridized carbons (Fsp3) is 0.200. The minimum atomic E-state index is -0.246. The molecule has 1 fully saturated rings. The lowest BCUT2D eigenvalue weighted by molar-refractivity contribution is -0.117. The van der Waals surface area contributed by atoms with Crippen molar-refractivity contribution in [2.24, 2.45) is 0 Å². The first kappa shape index (κ1) is 18.6. The molecule has 1 saturated heterocycles. The van der Waals surface area contributed by atoms with Gasteiger partial charge in [-0.2, -0.15) is 0 Å². The highest BCUT2D eigenvalue weighted by molar-refractivity contribution is 5.97. The number of para-hydroxylation sites is 3. The van der Waals surface area contributed by atoms with Gasteiger partial charge in [-0.15, -0.1) is 0 Å². The maximum Gasteiger partial charge on any atom is 0.227 e. The van der Waals surface area contributed by atoms with E-state index in [2.05, 4.69) is 4.57 Å². The summed E-state index contributed by atoms with van der Waals surface area (Å²) in [6.45, 7) is 3.22. The fourth-order valence-corrected chi connectivity index (χ4v) is 4.32. The van der Waals surface area contributed by atoms with Gasteiger partial charge in [0.1, 0.15) is 11.6 Å². The number of halogens is 1. The molecule has 3 aromatic carbocycles. The first-order valence-electron chi connectivity index (χ1n) is 10.2. The van der Waals surface area contributed by atoms with Gasteiger partial charge < -0.3 is 9.47 Å². The average molecular weight is 399 g/mol. The van der Waals surface area contributed by atoms with Gasteiger partial charge in [-0.25, -0.2) is 9.37 Å². The van der Waals surface area contributed by atoms with E-state index in [1.807, 2.05) is 60.4 Å². The van der Waals surface area contributed by atoms with Crippen molar-refractivity contribution in [3.8, 4) is 0 Å². The first-order chi connectivity index (χ1) is 14.6. The Labute approximate surface area is 174 Å². The number of hydrogen-bond donors (Lipinski definition) is 0. The number of imidazole rings is 1. The van der Waals surface area contributed by atoms with Crippen LogP contribution in [0.15, 0.2) is 72.8 Å². The monoisotopic (exact) mass is 399 g/mol. The lowest BCUT2D eigenvalue weighted by atomic mass is 10.1. The molecule has 2 heterocycles. The molecule has 5 heteroatoms. The van der Waals surface area contributed by atoms with Gasteiger partial charge in [-0.3, -0.25) is 4.79 Å². The first-order valence-corrected chi connectivity index (χ1v) is 10.2. The normalized spacial score (nSPS) is 16.5. The quantitative estimate of drug-likeness (QED) is 0.481. The number of aromatic nitrogens is 2. The van der Waals surface area contributed by atoms with Gasteiger partial charge in [0.2, 0.25) is 5.91 Å². The van der Waals surface area contributed by atoms with E-state index in [0.29, 0.717) is 19.5 Å². The van der Waals surface area contributed by atoms with E-state index in [1.165, 1.54) is 12.1 Å². The van der Waals surface area contributed by atoms with Crippen molar-refractivity contribution in [1.29, 1.82) is 0 Å². The number of nitrogens with zero attached hydrogens (tertiary/aromatic N) is 3. The van der Waals surface area contributed by atoms with Crippen molar-refractivity contribution in [2.75, 3.05) is 11.4 Å². The molecule has 0 aliphatic carbocycles. The molecule has 0 radical (unpaired) electrons. The molecule has 150 valence electrons. The molecule has 0 bridgehead atoms. The van der Waals surface area contributed by atoms with Gasteiger partial charge >= 0.3 is 0 Å². The third kappa shape index (κ3) is 3.26. The molecule has 1 atom stereocenters. The zero-order valence-corrected chi connectivity index (χ0v) is 16.8. The predicted molar refractivity (Wildman–Crippen MR) is 116 cm³/mol. The summed E-state index contributed by atoms with van der Waals surface area (Å²) >= 11 is 0. The van der Waals surface area contributed by atoms with E-state index in [-0.39, 0.29) is 17.6 Å². The van der Waals surface area contributed by atoms with Gasteiger partial charge in [0.25, 0.3) is 0 Å². The summed E-state index contributed by atoms with van der Waals surface area (Å²) in [5.41, 5.74) is 4.99. The van der Waals surface area contributed by atoms with Crippen LogP contribution in [-0.2, 0) is 11.3 Å². The van der Waals surface area contributed by atoms with Gasteiger partial charge in [-0.1, -0.05) is 42.5 Å². The molecule has 1 aliphatic rings. The van der Waals surface area contributed by atoms with Crippen molar-refractivity contribution in [2.45, 2.75) is 25.8 Å². The smallest absolute Gasteiger partial charge is 0.227 e. The molecule has 30 heavy (non-hydrogen) atoms. The number of amides is 1. The van der Waals surface area contributed by atoms with Crippen molar-refractivity contribution in [1.82, 2.24) is 9.55 Å². The number of fused-ring (bicyclic) bond motifs is 1. The standard InChI is InChI=1S/C25H22FN3O/c1-17-6-2-4-8-22(17)28-16-19(14-24(28)30)25-27-21-7-3-5-9-23(21)29(25)15-18-10-12-20(26)13-11-18/h2-13,19H,14-16H2,1H3. The van der Waals surface area contributed by atoms with Crippen LogP contribution in [0.4, 0.5) is 10.1 Å². The van der Waals surface area contributed by atoms with E-state index >= 15 is 0 Å². The Bertz CT molecular complexity index is 1230. The van der Waals surface area contributed by atoms with Crippen molar-refractivity contribution >= 4 is 22.6 Å². The van der Waals surface area contributed by atoms with Crippen LogP contribution >= 0.6 is 0 Å². The maximum atomic E-state index is 13.4. The van der Waals surface area contributed by atoms with Gasteiger partial charge in [-0.05, 0) is 48.4 Å². The molecule has 0 spiro atoms. The van der Waals surface area contributed by atoms with Crippen molar-refractivity contribution in [3.63, 3.8) is 0 Å². The third-order valence-electron chi connectivity index (χ3n) is 5.83. The highest BCUT2D eigenvalue weighted by Crippen LogP contribution is 2.34. The number of hydrogen-bond acceptors (Lipinski definition) is 2. The molecule has 1 aliphatic heterocycles. The molecule has 5 rings (SSSR count). The van der Waals surface area contributed by atoms with Crippen LogP contribution in [0, 0.1) is 12.7 Å². The minimum Gasteiger partial charge on any atom is -0.323 e. The predicted octanol–water partition coefficient (Wildman–Crippen LogP) is 5.05. The Morgan fingerprint density at radius 1 is 1.00 bits per heavy atom. The van der Waals surface area contributed by atoms with Crippen LogP contribution in [0.2, 0.25) is 0 Å². The van der Waals surface area contributed by atoms with E-state index in [0.717, 1.165) is 33.7 Å². The summed E-state index contributed by atoms with van der Waals surface area (Å²) in [4.78, 5) is 19.7. The Kier molecular flexibility index (Phi) is 4.58. The number of carbonyl (C=O) groups is 1. The molecule has 1 aromatic heterocycles. The Balaban J connectivity index is 1.53. The largest absolute Gasteiger partial charge is 0.323 e. The molecule has 1 unspecified atom stereocenters. The van der Waals surface area contributed by atoms with E-state index in [1.54, 1.807) is 12.1 Å². The summed E-state index contributed by atoms with van der Waals surface area (Å²) in [5.74, 6) is 0.786. The minimum absolute atomic E-state index is 0.00459. The average Bonchev–Trinajstić information content (AvgIpc) is 3.31. The summed E-state index contributed by atoms with van der Waals surface area (Å²) in [7, 11) is 0. The maximum absolute atomic E-state index is 13.4. The second kappa shape index (κ2) is 7.41. The van der Waals surface area contributed by atoms with Crippen molar-refractivity contribution < 1.29 is 9.18 Å². The highest BCUT2D eigenvalue weighted by atomic mass is 19.1. The lowest BCUT2D eigenvalue weighted by Gasteiger charge is -2.19. The number of benzene rings is 3. The zero-order chi connectivity index (χ0) is 20.7. The van der Waals surface area contributed by atoms with Crippen LogP contribution in [0.1, 0.15) is 29.3 Å². The second-order valence-electron chi connectivity index (χ2n) is 7.86. The Morgan fingerprint density at radius 2 is 1.73 bits per heavy atom. The third-order valence-corrected chi connectivity index (χ3v) is 5.83. The van der Waals surface area contributed by atoms with Crippen LogP contribution in [0.25, 0.3) is 11.0 Å². The molecule has 0 N–H and O–H groups in total. The fourth-order valence-electron chi connectivity index (χ4n) is 4.32. The van der Waals surface area contributed by atoms with Crippen LogP contribution in [0.3, 0.4) is 0 Å². The number of rotatable bonds is 4. The second-order valence-corrected chi connectivity index (χ2v) is 7.86. The summed E-state index contributed by atoms with van der Waals surface area (Å²) in [6.07, 6.45) is 0.432. The molecule has 0 saturated carbocycles. The van der Waals surface area contributed by atoms with Crippen LogP contribution in [-0.4, -0.2) is 22.0 Å². The molecular weight excluding hydrogens is 377 g/mol. The Morgan fingerprint density at radius 3 is 2.53 bits per heavy atom. The van der Waals surface area contributed by atoms with Crippen LogP contribution < -0.4 is 4.90 Å². The Hall–Kier alpha value is -3.47.